The lowest BCUT2D eigenvalue weighted by atomic mass is 9.84. The summed E-state index contributed by atoms with van der Waals surface area (Å²) >= 11 is 0. The summed E-state index contributed by atoms with van der Waals surface area (Å²) in [5, 5.41) is 14.9. The molecule has 0 unspecified atom stereocenters. The van der Waals surface area contributed by atoms with Gasteiger partial charge in [-0.3, -0.25) is 5.01 Å². The van der Waals surface area contributed by atoms with Crippen LogP contribution in [0, 0.1) is 11.8 Å². The van der Waals surface area contributed by atoms with E-state index in [1.165, 1.54) is 5.01 Å². The van der Waals surface area contributed by atoms with Gasteiger partial charge in [-0.15, -0.1) is 4.91 Å². The lowest BCUT2D eigenvalue weighted by Crippen LogP contribution is -2.40. The van der Waals surface area contributed by atoms with Crippen molar-refractivity contribution in [3.8, 4) is 0 Å². The van der Waals surface area contributed by atoms with Crippen LogP contribution in [0.5, 0.6) is 0 Å². The van der Waals surface area contributed by atoms with E-state index in [0.29, 0.717) is 25.9 Å². The number of aryl methyl sites for hydroxylation is 1. The van der Waals surface area contributed by atoms with Gasteiger partial charge in [0.25, 0.3) is 0 Å². The topological polar surface area (TPSA) is 52.9 Å². The minimum Gasteiger partial charge on any atom is -0.385 e. The highest BCUT2D eigenvalue weighted by atomic mass is 16.3. The van der Waals surface area contributed by atoms with Crippen LogP contribution >= 0.6 is 0 Å². The molecule has 1 saturated heterocycles. The fourth-order valence-corrected chi connectivity index (χ4v) is 2.17. The summed E-state index contributed by atoms with van der Waals surface area (Å²) < 4.78 is 0. The van der Waals surface area contributed by atoms with Crippen LogP contribution in [0.3, 0.4) is 0 Å². The molecule has 1 aliphatic heterocycles. The van der Waals surface area contributed by atoms with Gasteiger partial charge in [0.15, 0.2) is 0 Å². The molecular weight excluding hydrogens is 204 g/mol. The number of nitrogens with zero attached hydrogens (tertiary/aromatic N) is 2. The molecule has 0 amide bonds. The Morgan fingerprint density at radius 2 is 2.06 bits per heavy atom. The summed E-state index contributed by atoms with van der Waals surface area (Å²) in [5.74, 6) is 0. The highest BCUT2D eigenvalue weighted by Gasteiger charge is 2.34. The molecule has 1 N–H and O–H groups in total. The first kappa shape index (κ1) is 11.1. The van der Waals surface area contributed by atoms with Gasteiger partial charge in [0, 0.05) is 13.1 Å². The normalized spacial score (nSPS) is 19.5. The lowest BCUT2D eigenvalue weighted by molar-refractivity contribution is -0.0258. The Bertz CT molecular complexity index is 384. The third-order valence-corrected chi connectivity index (χ3v) is 3.24. The number of hydrogen-bond donors (Lipinski definition) is 1. The van der Waals surface area contributed by atoms with E-state index in [2.05, 4.69) is 5.29 Å². The second-order valence-corrected chi connectivity index (χ2v) is 4.44. The van der Waals surface area contributed by atoms with Gasteiger partial charge in [0.05, 0.1) is 10.9 Å². The van der Waals surface area contributed by atoms with E-state index in [9.17, 15) is 10.0 Å². The van der Waals surface area contributed by atoms with Crippen LogP contribution in [0.2, 0.25) is 0 Å². The number of rotatable bonds is 2. The molecule has 2 rings (SSSR count). The van der Waals surface area contributed by atoms with E-state index < -0.39 is 5.60 Å². The van der Waals surface area contributed by atoms with Crippen molar-refractivity contribution in [2.24, 2.45) is 5.29 Å². The highest BCUT2D eigenvalue weighted by molar-refractivity contribution is 5.28. The molecule has 86 valence electrons. The summed E-state index contributed by atoms with van der Waals surface area (Å²) in [6, 6.07) is 7.91. The number of aliphatic hydroxyl groups is 1. The lowest BCUT2D eigenvalue weighted by Gasteiger charge is -2.36. The zero-order chi connectivity index (χ0) is 11.6. The molecule has 1 fully saturated rings. The van der Waals surface area contributed by atoms with Gasteiger partial charge >= 0.3 is 0 Å². The molecule has 16 heavy (non-hydrogen) atoms. The molecule has 0 bridgehead atoms. The number of benzene rings is 1. The first-order chi connectivity index (χ1) is 7.64. The molecule has 1 heterocycles. The van der Waals surface area contributed by atoms with Gasteiger partial charge in [0.2, 0.25) is 0 Å². The monoisotopic (exact) mass is 220 g/mol. The van der Waals surface area contributed by atoms with Gasteiger partial charge in [0.1, 0.15) is 0 Å². The van der Waals surface area contributed by atoms with Crippen molar-refractivity contribution in [2.45, 2.75) is 25.4 Å². The summed E-state index contributed by atoms with van der Waals surface area (Å²) in [5.41, 5.74) is 1.28. The fraction of sp³-hybridized carbons (Fsp3) is 0.500. The molecular formula is C12H16N2O2. The second kappa shape index (κ2) is 4.22. The Morgan fingerprint density at radius 3 is 2.62 bits per heavy atom. The molecule has 0 saturated carbocycles. The van der Waals surface area contributed by atoms with Crippen LogP contribution in [-0.4, -0.2) is 23.2 Å². The maximum Gasteiger partial charge on any atom is 0.0931 e. The molecule has 1 aliphatic rings. The predicted molar refractivity (Wildman–Crippen MR) is 61.7 cm³/mol. The van der Waals surface area contributed by atoms with Gasteiger partial charge in [-0.2, -0.15) is 0 Å². The zero-order valence-electron chi connectivity index (χ0n) is 9.39. The minimum atomic E-state index is -0.798. The second-order valence-electron chi connectivity index (χ2n) is 4.44. The molecule has 0 atom stereocenters. The summed E-state index contributed by atoms with van der Waals surface area (Å²) in [7, 11) is 0. The van der Waals surface area contributed by atoms with E-state index in [1.54, 1.807) is 0 Å². The molecule has 1 aromatic carbocycles. The van der Waals surface area contributed by atoms with Gasteiger partial charge in [-0.05, 0) is 25.3 Å². The van der Waals surface area contributed by atoms with E-state index in [1.807, 2.05) is 31.2 Å². The van der Waals surface area contributed by atoms with Gasteiger partial charge in [-0.25, -0.2) is 0 Å². The maximum absolute atomic E-state index is 10.5. The van der Waals surface area contributed by atoms with E-state index in [-0.39, 0.29) is 0 Å². The Kier molecular flexibility index (Phi) is 2.92. The van der Waals surface area contributed by atoms with Crippen molar-refractivity contribution in [3.63, 3.8) is 0 Å². The largest absolute Gasteiger partial charge is 0.385 e. The fourth-order valence-electron chi connectivity index (χ4n) is 2.17. The SMILES string of the molecule is Cc1cccc(C2(O)CCN(N=O)CC2)c1. The van der Waals surface area contributed by atoms with Crippen molar-refractivity contribution in [1.82, 2.24) is 5.01 Å². The van der Waals surface area contributed by atoms with E-state index in [4.69, 9.17) is 0 Å². The Morgan fingerprint density at radius 1 is 1.38 bits per heavy atom. The Hall–Kier alpha value is -1.42. The maximum atomic E-state index is 10.5. The average Bonchev–Trinajstić information content (AvgIpc) is 2.30. The molecule has 4 nitrogen and oxygen atoms in total. The molecule has 0 spiro atoms. The third-order valence-electron chi connectivity index (χ3n) is 3.24. The van der Waals surface area contributed by atoms with Crippen LogP contribution in [0.4, 0.5) is 0 Å². The first-order valence-corrected chi connectivity index (χ1v) is 5.52. The highest BCUT2D eigenvalue weighted by Crippen LogP contribution is 2.33. The van der Waals surface area contributed by atoms with Crippen LogP contribution in [0.1, 0.15) is 24.0 Å². The molecule has 4 heteroatoms. The third kappa shape index (κ3) is 2.07. The first-order valence-electron chi connectivity index (χ1n) is 5.52. The molecule has 0 aromatic heterocycles. The van der Waals surface area contributed by atoms with E-state index in [0.717, 1.165) is 11.1 Å². The number of hydrogen-bond acceptors (Lipinski definition) is 3. The van der Waals surface area contributed by atoms with E-state index >= 15 is 0 Å². The average molecular weight is 220 g/mol. The summed E-state index contributed by atoms with van der Waals surface area (Å²) in [4.78, 5) is 10.4. The summed E-state index contributed by atoms with van der Waals surface area (Å²) in [6.07, 6.45) is 1.12. The van der Waals surface area contributed by atoms with Crippen LogP contribution in [0.25, 0.3) is 0 Å². The van der Waals surface area contributed by atoms with Gasteiger partial charge in [-0.1, -0.05) is 29.8 Å². The van der Waals surface area contributed by atoms with Crippen molar-refractivity contribution in [1.29, 1.82) is 0 Å². The Balaban J connectivity index is 2.17. The van der Waals surface area contributed by atoms with Crippen LogP contribution < -0.4 is 0 Å². The standard InChI is InChI=1S/C12H16N2O2/c1-10-3-2-4-11(9-10)12(15)5-7-14(13-16)8-6-12/h2-4,9,15H,5-8H2,1H3. The quantitative estimate of drug-likeness (QED) is 0.775. The number of nitroso groups, excluding NO2 is 1. The van der Waals surface area contributed by atoms with Crippen LogP contribution in [0.15, 0.2) is 29.6 Å². The van der Waals surface area contributed by atoms with Crippen molar-refractivity contribution in [2.75, 3.05) is 13.1 Å². The molecule has 0 aliphatic carbocycles. The predicted octanol–water partition coefficient (Wildman–Crippen LogP) is 1.96. The molecule has 0 radical (unpaired) electrons. The minimum absolute atomic E-state index is 0.522. The zero-order valence-corrected chi connectivity index (χ0v) is 9.39. The number of piperidine rings is 1. The Labute approximate surface area is 94.8 Å². The summed E-state index contributed by atoms with van der Waals surface area (Å²) in [6.45, 7) is 3.05. The van der Waals surface area contributed by atoms with Gasteiger partial charge < -0.3 is 5.11 Å². The van der Waals surface area contributed by atoms with Crippen molar-refractivity contribution < 1.29 is 5.11 Å². The smallest absolute Gasteiger partial charge is 0.0931 e. The van der Waals surface area contributed by atoms with Crippen molar-refractivity contribution >= 4 is 0 Å². The van der Waals surface area contributed by atoms with Crippen LogP contribution in [-0.2, 0) is 5.60 Å². The molecule has 1 aromatic rings. The van der Waals surface area contributed by atoms with Crippen molar-refractivity contribution in [3.05, 3.63) is 40.3 Å².